The van der Waals surface area contributed by atoms with Crippen LogP contribution in [0.5, 0.6) is 0 Å². The maximum atomic E-state index is 11.4. The summed E-state index contributed by atoms with van der Waals surface area (Å²) in [5, 5.41) is 2.85. The largest absolute Gasteiger partial charge is 0.339 e. The molecule has 1 aromatic carbocycles. The number of hydrogen-bond donors (Lipinski definition) is 2. The van der Waals surface area contributed by atoms with Gasteiger partial charge >= 0.3 is 11.1 Å². The quantitative estimate of drug-likeness (QED) is 0.821. The smallest absolute Gasteiger partial charge is 0.324 e. The van der Waals surface area contributed by atoms with E-state index in [0.717, 1.165) is 16.9 Å². The fourth-order valence-electron chi connectivity index (χ4n) is 1.75. The van der Waals surface area contributed by atoms with Crippen LogP contribution in [-0.4, -0.2) is 14.8 Å². The summed E-state index contributed by atoms with van der Waals surface area (Å²) in [5.41, 5.74) is 5.57. The van der Waals surface area contributed by atoms with Crippen LogP contribution in [0.4, 0.5) is 0 Å². The Labute approximate surface area is 120 Å². The molecular formula is C13H16N4O2S. The van der Waals surface area contributed by atoms with Crippen LogP contribution in [-0.2, 0) is 7.05 Å². The normalized spacial score (nSPS) is 12.3. The van der Waals surface area contributed by atoms with Crippen molar-refractivity contribution >= 4 is 11.8 Å². The molecule has 2 aromatic rings. The van der Waals surface area contributed by atoms with E-state index in [4.69, 9.17) is 5.73 Å². The molecule has 0 unspecified atom stereocenters. The van der Waals surface area contributed by atoms with Crippen LogP contribution in [0.3, 0.4) is 0 Å². The molecule has 20 heavy (non-hydrogen) atoms. The highest BCUT2D eigenvalue weighted by molar-refractivity contribution is 7.99. The van der Waals surface area contributed by atoms with E-state index in [1.807, 2.05) is 31.2 Å². The minimum atomic E-state index is -0.789. The number of nitrogens with two attached hydrogens (primary N) is 1. The van der Waals surface area contributed by atoms with Gasteiger partial charge in [0.25, 0.3) is 0 Å². The molecule has 7 heteroatoms. The molecule has 0 amide bonds. The lowest BCUT2D eigenvalue weighted by atomic mass is 10.1. The Bertz CT molecular complexity index is 723. The molecule has 0 aliphatic heterocycles. The zero-order chi connectivity index (χ0) is 14.7. The fraction of sp³-hybridized carbons (Fsp3) is 0.308. The molecule has 0 spiro atoms. The molecule has 1 aromatic heterocycles. The number of aryl methyl sites for hydroxylation is 1. The molecule has 0 fully saturated rings. The third-order valence-corrected chi connectivity index (χ3v) is 4.05. The first-order chi connectivity index (χ1) is 9.52. The number of nitrogens with zero attached hydrogens (tertiary/aromatic N) is 2. The van der Waals surface area contributed by atoms with Crippen molar-refractivity contribution in [2.75, 3.05) is 0 Å². The van der Waals surface area contributed by atoms with Crippen LogP contribution in [0, 0.1) is 0 Å². The van der Waals surface area contributed by atoms with Crippen LogP contribution < -0.4 is 16.9 Å². The lowest BCUT2D eigenvalue weighted by Crippen LogP contribution is -2.33. The summed E-state index contributed by atoms with van der Waals surface area (Å²) in [4.78, 5) is 27.2. The van der Waals surface area contributed by atoms with Crippen LogP contribution in [0.25, 0.3) is 0 Å². The molecule has 0 aliphatic rings. The van der Waals surface area contributed by atoms with E-state index in [0.29, 0.717) is 5.16 Å². The summed E-state index contributed by atoms with van der Waals surface area (Å²) < 4.78 is 1.43. The second-order valence-corrected chi connectivity index (χ2v) is 5.36. The van der Waals surface area contributed by atoms with Gasteiger partial charge in [0.1, 0.15) is 0 Å². The summed E-state index contributed by atoms with van der Waals surface area (Å²) in [6.07, 6.45) is 0.815. The number of rotatable bonds is 4. The highest BCUT2D eigenvalue weighted by Crippen LogP contribution is 2.31. The van der Waals surface area contributed by atoms with Crippen molar-refractivity contribution in [1.82, 2.24) is 14.8 Å². The maximum absolute atomic E-state index is 11.4. The van der Waals surface area contributed by atoms with Gasteiger partial charge in [-0.15, -0.1) is 0 Å². The molecule has 0 saturated carbocycles. The van der Waals surface area contributed by atoms with Gasteiger partial charge < -0.3 is 5.73 Å². The monoisotopic (exact) mass is 292 g/mol. The molecule has 0 aliphatic carbocycles. The summed E-state index contributed by atoms with van der Waals surface area (Å²) >= 11 is 1.31. The van der Waals surface area contributed by atoms with Crippen molar-refractivity contribution < 1.29 is 0 Å². The molecule has 1 heterocycles. The van der Waals surface area contributed by atoms with E-state index in [1.165, 1.54) is 16.4 Å². The molecule has 1 atom stereocenters. The molecule has 0 radical (unpaired) electrons. The topological polar surface area (TPSA) is 93.8 Å². The first kappa shape index (κ1) is 14.5. The van der Waals surface area contributed by atoms with E-state index in [2.05, 4.69) is 10.1 Å². The molecule has 2 rings (SSSR count). The number of aromatic nitrogens is 3. The van der Waals surface area contributed by atoms with Gasteiger partial charge in [-0.3, -0.25) is 19.4 Å². The minimum absolute atomic E-state index is 0.0708. The van der Waals surface area contributed by atoms with E-state index < -0.39 is 11.1 Å². The van der Waals surface area contributed by atoms with Crippen molar-refractivity contribution in [3.8, 4) is 0 Å². The van der Waals surface area contributed by atoms with Gasteiger partial charge in [0, 0.05) is 18.0 Å². The maximum Gasteiger partial charge on any atom is 0.339 e. The molecule has 3 N–H and O–H groups in total. The SMILES string of the molecule is CC[C@@H](N)c1ccccc1Sc1nc(=O)c(=O)[nH]n1C. The number of H-pyrrole nitrogens is 1. The summed E-state index contributed by atoms with van der Waals surface area (Å²) in [7, 11) is 1.64. The van der Waals surface area contributed by atoms with Crippen LogP contribution in [0.15, 0.2) is 43.9 Å². The molecular weight excluding hydrogens is 276 g/mol. The van der Waals surface area contributed by atoms with Gasteiger partial charge in [0.2, 0.25) is 0 Å². The average molecular weight is 292 g/mol. The first-order valence-corrected chi connectivity index (χ1v) is 7.04. The van der Waals surface area contributed by atoms with Gasteiger partial charge in [-0.2, -0.15) is 4.98 Å². The molecule has 6 nitrogen and oxygen atoms in total. The first-order valence-electron chi connectivity index (χ1n) is 6.22. The summed E-state index contributed by atoms with van der Waals surface area (Å²) in [6.45, 7) is 2.01. The molecule has 0 saturated heterocycles. The molecule has 106 valence electrons. The summed E-state index contributed by atoms with van der Waals surface area (Å²) in [6, 6.07) is 7.64. The van der Waals surface area contributed by atoms with Crippen molar-refractivity contribution in [2.24, 2.45) is 12.8 Å². The Hall–Kier alpha value is -1.86. The Kier molecular flexibility index (Phi) is 4.41. The van der Waals surface area contributed by atoms with Gasteiger partial charge in [-0.1, -0.05) is 25.1 Å². The van der Waals surface area contributed by atoms with E-state index >= 15 is 0 Å². The zero-order valence-corrected chi connectivity index (χ0v) is 12.1. The Morgan fingerprint density at radius 2 is 2.10 bits per heavy atom. The second-order valence-electron chi connectivity index (χ2n) is 4.35. The predicted octanol–water partition coefficient (Wildman–Crippen LogP) is 1.03. The average Bonchev–Trinajstić information content (AvgIpc) is 2.44. The van der Waals surface area contributed by atoms with Crippen LogP contribution >= 0.6 is 11.8 Å². The lowest BCUT2D eigenvalue weighted by molar-refractivity contribution is 0.596. The highest BCUT2D eigenvalue weighted by Gasteiger charge is 2.12. The van der Waals surface area contributed by atoms with Gasteiger partial charge in [-0.05, 0) is 29.8 Å². The number of benzene rings is 1. The Morgan fingerprint density at radius 3 is 2.80 bits per heavy atom. The highest BCUT2D eigenvalue weighted by atomic mass is 32.2. The molecule has 0 bridgehead atoms. The zero-order valence-electron chi connectivity index (χ0n) is 11.3. The van der Waals surface area contributed by atoms with Gasteiger partial charge in [0.15, 0.2) is 5.16 Å². The second kappa shape index (κ2) is 6.06. The number of nitrogens with one attached hydrogen (secondary N) is 1. The van der Waals surface area contributed by atoms with Crippen LogP contribution in [0.2, 0.25) is 0 Å². The third-order valence-electron chi connectivity index (χ3n) is 2.91. The van der Waals surface area contributed by atoms with E-state index in [9.17, 15) is 9.59 Å². The van der Waals surface area contributed by atoms with Gasteiger partial charge in [-0.25, -0.2) is 0 Å². The fourth-order valence-corrected chi connectivity index (χ4v) is 2.74. The van der Waals surface area contributed by atoms with E-state index in [-0.39, 0.29) is 6.04 Å². The standard InChI is InChI=1S/C13H16N4O2S/c1-3-9(14)8-6-4-5-7-10(8)20-13-15-11(18)12(19)16-17(13)2/h4-7,9H,3,14H2,1-2H3,(H,16,19)/t9-/m1/s1. The number of aromatic amines is 1. The third kappa shape index (κ3) is 3.00. The lowest BCUT2D eigenvalue weighted by Gasteiger charge is -2.14. The van der Waals surface area contributed by atoms with Crippen molar-refractivity contribution in [3.05, 3.63) is 50.5 Å². The van der Waals surface area contributed by atoms with Gasteiger partial charge in [0.05, 0.1) is 0 Å². The van der Waals surface area contributed by atoms with E-state index in [1.54, 1.807) is 7.05 Å². The van der Waals surface area contributed by atoms with Crippen LogP contribution in [0.1, 0.15) is 24.9 Å². The number of hydrogen-bond acceptors (Lipinski definition) is 5. The predicted molar refractivity (Wildman–Crippen MR) is 77.9 cm³/mol. The Balaban J connectivity index is 2.43. The minimum Gasteiger partial charge on any atom is -0.324 e. The summed E-state index contributed by atoms with van der Waals surface area (Å²) in [5.74, 6) is 0. The van der Waals surface area contributed by atoms with Crippen molar-refractivity contribution in [3.63, 3.8) is 0 Å². The Morgan fingerprint density at radius 1 is 1.40 bits per heavy atom. The van der Waals surface area contributed by atoms with Crippen molar-refractivity contribution in [1.29, 1.82) is 0 Å². The van der Waals surface area contributed by atoms with Crippen molar-refractivity contribution in [2.45, 2.75) is 29.4 Å².